The zero-order valence-electron chi connectivity index (χ0n) is 25.1. The number of ether oxygens (including phenoxy) is 1. The summed E-state index contributed by atoms with van der Waals surface area (Å²) < 4.78 is 6.57. The molecule has 43 heavy (non-hydrogen) atoms. The number of amides is 2. The first-order valence-corrected chi connectivity index (χ1v) is 15.6. The average molecular weight is 675 g/mol. The molecule has 2 aromatic carbocycles. The van der Waals surface area contributed by atoms with Crippen LogP contribution >= 0.6 is 48.0 Å². The van der Waals surface area contributed by atoms with Crippen LogP contribution in [0.5, 0.6) is 0 Å². The molecule has 1 unspecified atom stereocenters. The molecule has 0 aliphatic carbocycles. The second kappa shape index (κ2) is 15.6. The summed E-state index contributed by atoms with van der Waals surface area (Å²) in [6, 6.07) is 15.1. The first-order valence-electron chi connectivity index (χ1n) is 14.9. The van der Waals surface area contributed by atoms with Crippen molar-refractivity contribution in [1.29, 1.82) is 0 Å². The smallest absolute Gasteiger partial charge is 0.254 e. The van der Waals surface area contributed by atoms with Crippen molar-refractivity contribution in [2.24, 2.45) is 0 Å². The summed E-state index contributed by atoms with van der Waals surface area (Å²) in [6.45, 7) is 5.89. The molecule has 5 rings (SSSR count). The number of morpholine rings is 1. The van der Waals surface area contributed by atoms with E-state index >= 15 is 0 Å². The van der Waals surface area contributed by atoms with Crippen molar-refractivity contribution in [3.63, 3.8) is 0 Å². The molecular formula is C32H44Cl4N4O3. The molecule has 7 nitrogen and oxygen atoms in total. The number of rotatable bonds is 7. The largest absolute Gasteiger partial charge is 0.367 e. The summed E-state index contributed by atoms with van der Waals surface area (Å²) in [5.41, 5.74) is 0.479. The van der Waals surface area contributed by atoms with E-state index in [1.165, 1.54) is 6.42 Å². The van der Waals surface area contributed by atoms with Crippen LogP contribution in [0, 0.1) is 0 Å². The van der Waals surface area contributed by atoms with Crippen LogP contribution in [0.1, 0.15) is 54.4 Å². The van der Waals surface area contributed by atoms with Crippen molar-refractivity contribution in [3.8, 4) is 0 Å². The van der Waals surface area contributed by atoms with Gasteiger partial charge in [0.05, 0.1) is 23.2 Å². The van der Waals surface area contributed by atoms with Crippen LogP contribution in [-0.2, 0) is 15.1 Å². The van der Waals surface area contributed by atoms with Gasteiger partial charge >= 0.3 is 0 Å². The summed E-state index contributed by atoms with van der Waals surface area (Å²) in [7, 11) is 3.76. The maximum absolute atomic E-state index is 13.5. The Morgan fingerprint density at radius 2 is 1.56 bits per heavy atom. The van der Waals surface area contributed by atoms with Crippen molar-refractivity contribution < 1.29 is 14.3 Å². The molecule has 3 aliphatic heterocycles. The predicted molar refractivity (Wildman–Crippen MR) is 178 cm³/mol. The lowest BCUT2D eigenvalue weighted by molar-refractivity contribution is -0.147. The Hall–Kier alpha value is -1.58. The molecule has 2 aromatic rings. The maximum atomic E-state index is 13.5. The van der Waals surface area contributed by atoms with Crippen molar-refractivity contribution in [3.05, 3.63) is 69.7 Å². The lowest BCUT2D eigenvalue weighted by Crippen LogP contribution is -2.64. The Balaban J connectivity index is 0.00000253. The van der Waals surface area contributed by atoms with E-state index < -0.39 is 11.1 Å². The van der Waals surface area contributed by atoms with Crippen LogP contribution in [0.25, 0.3) is 0 Å². The molecule has 238 valence electrons. The third-order valence-corrected chi connectivity index (χ3v) is 9.96. The number of hydrogen-bond acceptors (Lipinski definition) is 5. The van der Waals surface area contributed by atoms with Crippen LogP contribution in [0.3, 0.4) is 0 Å². The molecule has 0 radical (unpaired) electrons. The Kier molecular flexibility index (Phi) is 13.0. The Morgan fingerprint density at radius 1 is 0.884 bits per heavy atom. The number of likely N-dealkylation sites (N-methyl/N-ethyl adjacent to an activating group) is 1. The number of benzene rings is 2. The monoisotopic (exact) mass is 672 g/mol. The van der Waals surface area contributed by atoms with Gasteiger partial charge in [0.25, 0.3) is 5.91 Å². The van der Waals surface area contributed by atoms with E-state index in [9.17, 15) is 9.59 Å². The highest BCUT2D eigenvalue weighted by Gasteiger charge is 2.48. The molecule has 0 aromatic heterocycles. The van der Waals surface area contributed by atoms with E-state index in [4.69, 9.17) is 27.9 Å². The molecule has 1 atom stereocenters. The van der Waals surface area contributed by atoms with Crippen LogP contribution in [0.4, 0.5) is 0 Å². The lowest BCUT2D eigenvalue weighted by atomic mass is 9.82. The number of piperidine rings is 2. The van der Waals surface area contributed by atoms with Gasteiger partial charge in [-0.25, -0.2) is 0 Å². The number of likely N-dealkylation sites (tertiary alicyclic amines) is 2. The zero-order chi connectivity index (χ0) is 29.0. The summed E-state index contributed by atoms with van der Waals surface area (Å²) in [5, 5.41) is 0.972. The number of halogens is 4. The molecule has 0 saturated carbocycles. The van der Waals surface area contributed by atoms with E-state index in [2.05, 4.69) is 9.80 Å². The fourth-order valence-corrected chi connectivity index (χ4v) is 7.16. The summed E-state index contributed by atoms with van der Waals surface area (Å²) >= 11 is 12.8. The molecule has 11 heteroatoms. The molecule has 0 N–H and O–H groups in total. The average Bonchev–Trinajstić information content (AvgIpc) is 3.02. The van der Waals surface area contributed by atoms with E-state index in [0.717, 1.165) is 64.0 Å². The zero-order valence-corrected chi connectivity index (χ0v) is 28.2. The van der Waals surface area contributed by atoms with Gasteiger partial charge in [-0.05, 0) is 75.0 Å². The molecule has 3 fully saturated rings. The van der Waals surface area contributed by atoms with Crippen molar-refractivity contribution in [2.75, 3.05) is 66.5 Å². The van der Waals surface area contributed by atoms with Crippen molar-refractivity contribution >= 4 is 59.8 Å². The summed E-state index contributed by atoms with van der Waals surface area (Å²) in [4.78, 5) is 35.6. The number of nitrogens with zero attached hydrogens (tertiary/aromatic N) is 4. The fourth-order valence-electron chi connectivity index (χ4n) is 6.86. The highest BCUT2D eigenvalue weighted by molar-refractivity contribution is 6.42. The second-order valence-electron chi connectivity index (χ2n) is 11.9. The van der Waals surface area contributed by atoms with Gasteiger partial charge in [0.15, 0.2) is 0 Å². The highest BCUT2D eigenvalue weighted by Crippen LogP contribution is 2.39. The van der Waals surface area contributed by atoms with Gasteiger partial charge in [0.1, 0.15) is 11.1 Å². The molecule has 3 saturated heterocycles. The Morgan fingerprint density at radius 3 is 2.19 bits per heavy atom. The van der Waals surface area contributed by atoms with E-state index in [1.54, 1.807) is 4.90 Å². The first-order chi connectivity index (χ1) is 19.7. The van der Waals surface area contributed by atoms with Gasteiger partial charge in [-0.3, -0.25) is 14.5 Å². The van der Waals surface area contributed by atoms with E-state index in [1.807, 2.05) is 67.5 Å². The van der Waals surface area contributed by atoms with Gasteiger partial charge in [-0.1, -0.05) is 53.9 Å². The van der Waals surface area contributed by atoms with Crippen LogP contribution in [0.15, 0.2) is 48.5 Å². The van der Waals surface area contributed by atoms with Gasteiger partial charge in [0, 0.05) is 45.8 Å². The standard InChI is InChI=1S/C32H42Cl2N4O3.2ClH/c1-35(2)30(40)31(38-16-7-4-8-17-38)13-18-36(19-14-31)20-15-32(26-11-12-27(33)28(34)23-26)24-37(21-22-41-32)29(39)25-9-5-3-6-10-25;;/h3,5-6,9-12,23H,4,7-8,13-22,24H2,1-2H3;2*1H. The third-order valence-electron chi connectivity index (χ3n) is 9.22. The van der Waals surface area contributed by atoms with Crippen LogP contribution < -0.4 is 0 Å². The minimum Gasteiger partial charge on any atom is -0.367 e. The van der Waals surface area contributed by atoms with E-state index in [-0.39, 0.29) is 36.6 Å². The molecule has 3 heterocycles. The van der Waals surface area contributed by atoms with Crippen LogP contribution in [0.2, 0.25) is 10.0 Å². The summed E-state index contributed by atoms with van der Waals surface area (Å²) in [6.07, 6.45) is 5.91. The van der Waals surface area contributed by atoms with Crippen LogP contribution in [-0.4, -0.2) is 103 Å². The van der Waals surface area contributed by atoms with Crippen molar-refractivity contribution in [1.82, 2.24) is 19.6 Å². The van der Waals surface area contributed by atoms with E-state index in [0.29, 0.717) is 41.7 Å². The molecular weight excluding hydrogens is 630 g/mol. The normalized spacial score (nSPS) is 22.7. The minimum atomic E-state index is -0.711. The molecule has 3 aliphatic rings. The summed E-state index contributed by atoms with van der Waals surface area (Å²) in [5.74, 6) is 0.238. The minimum absolute atomic E-state index is 0. The highest BCUT2D eigenvalue weighted by atomic mass is 35.5. The van der Waals surface area contributed by atoms with Gasteiger partial charge < -0.3 is 19.4 Å². The first kappa shape index (κ1) is 35.9. The van der Waals surface area contributed by atoms with Crippen molar-refractivity contribution in [2.45, 2.75) is 49.7 Å². The SMILES string of the molecule is CN(C)C(=O)C1(N2CCCCC2)CCN(CCC2(c3ccc(Cl)c(Cl)c3)CN(C(=O)c3ccccc3)CCO2)CC1.Cl.Cl. The molecule has 0 bridgehead atoms. The fraction of sp³-hybridized carbons (Fsp3) is 0.562. The topological polar surface area (TPSA) is 56.3 Å². The number of hydrogen-bond donors (Lipinski definition) is 0. The maximum Gasteiger partial charge on any atom is 0.254 e. The molecule has 0 spiro atoms. The number of carbonyl (C=O) groups excluding carboxylic acids is 2. The number of carbonyl (C=O) groups is 2. The third kappa shape index (κ3) is 7.81. The Labute approximate surface area is 278 Å². The Bertz CT molecular complexity index is 1220. The second-order valence-corrected chi connectivity index (χ2v) is 12.7. The van der Waals surface area contributed by atoms with Gasteiger partial charge in [0.2, 0.25) is 5.91 Å². The quantitative estimate of drug-likeness (QED) is 0.361. The van der Waals surface area contributed by atoms with Gasteiger partial charge in [-0.15, -0.1) is 24.8 Å². The predicted octanol–water partition coefficient (Wildman–Crippen LogP) is 6.00. The lowest BCUT2D eigenvalue weighted by Gasteiger charge is -2.50. The van der Waals surface area contributed by atoms with Gasteiger partial charge in [-0.2, -0.15) is 0 Å². The molecule has 2 amide bonds.